The minimum Gasteiger partial charge on any atom is -0.321 e. The van der Waals surface area contributed by atoms with E-state index in [1.54, 1.807) is 13.1 Å². The number of aryl methyl sites for hydroxylation is 1. The smallest absolute Gasteiger partial charge is 0.277 e. The van der Waals surface area contributed by atoms with E-state index in [9.17, 15) is 13.2 Å². The Hall–Kier alpha value is -2.98. The van der Waals surface area contributed by atoms with Crippen LogP contribution in [-0.4, -0.2) is 34.1 Å². The Morgan fingerprint density at radius 3 is 2.38 bits per heavy atom. The van der Waals surface area contributed by atoms with Crippen LogP contribution >= 0.6 is 11.6 Å². The van der Waals surface area contributed by atoms with Gasteiger partial charge in [0.15, 0.2) is 5.69 Å². The first-order chi connectivity index (χ1) is 12.3. The molecule has 0 aliphatic rings. The molecular weight excluding hydrogens is 380 g/mol. The summed E-state index contributed by atoms with van der Waals surface area (Å²) in [4.78, 5) is 19.8. The van der Waals surface area contributed by atoms with E-state index >= 15 is 0 Å². The number of nitrogens with one attached hydrogen (secondary N) is 2. The Morgan fingerprint density at radius 1 is 1.15 bits per heavy atom. The number of hydrogen-bond acceptors (Lipinski definition) is 6. The highest BCUT2D eigenvalue weighted by molar-refractivity contribution is 7.92. The fourth-order valence-electron chi connectivity index (χ4n) is 2.05. The van der Waals surface area contributed by atoms with Crippen LogP contribution in [0.1, 0.15) is 10.5 Å². The topological polar surface area (TPSA) is 119 Å². The van der Waals surface area contributed by atoms with Crippen molar-refractivity contribution in [1.29, 1.82) is 0 Å². The molecule has 26 heavy (non-hydrogen) atoms. The van der Waals surface area contributed by atoms with Crippen LogP contribution in [0.25, 0.3) is 0 Å². The van der Waals surface area contributed by atoms with E-state index < -0.39 is 15.9 Å². The highest BCUT2D eigenvalue weighted by Crippen LogP contribution is 2.18. The van der Waals surface area contributed by atoms with Gasteiger partial charge in [-0.15, -0.1) is 0 Å². The van der Waals surface area contributed by atoms with Gasteiger partial charge in [0.25, 0.3) is 15.9 Å². The predicted molar refractivity (Wildman–Crippen MR) is 95.5 cm³/mol. The zero-order valence-corrected chi connectivity index (χ0v) is 15.0. The number of halogens is 1. The normalized spacial score (nSPS) is 11.2. The lowest BCUT2D eigenvalue weighted by atomic mass is 10.3. The monoisotopic (exact) mass is 392 g/mol. The molecule has 0 saturated carbocycles. The first-order valence-corrected chi connectivity index (χ1v) is 9.12. The van der Waals surface area contributed by atoms with Crippen molar-refractivity contribution in [1.82, 2.24) is 19.7 Å². The molecular formula is C15H13ClN6O3S. The number of hydrogen-bond donors (Lipinski definition) is 2. The maximum Gasteiger partial charge on any atom is 0.277 e. The van der Waals surface area contributed by atoms with E-state index in [-0.39, 0.29) is 21.6 Å². The van der Waals surface area contributed by atoms with Gasteiger partial charge in [0.2, 0.25) is 5.95 Å². The minimum absolute atomic E-state index is 0.00109. The van der Waals surface area contributed by atoms with Crippen LogP contribution in [0.5, 0.6) is 0 Å². The SMILES string of the molecule is Cn1cc(Cl)c(C(=O)Nc2ccc(S(=O)(=O)Nc3ncccn3)cc2)n1. The van der Waals surface area contributed by atoms with Crippen LogP contribution in [0.2, 0.25) is 5.02 Å². The minimum atomic E-state index is -3.84. The summed E-state index contributed by atoms with van der Waals surface area (Å²) in [5, 5.41) is 6.78. The average molecular weight is 393 g/mol. The average Bonchev–Trinajstić information content (AvgIpc) is 2.94. The second kappa shape index (κ2) is 7.10. The van der Waals surface area contributed by atoms with Gasteiger partial charge in [-0.25, -0.2) is 23.1 Å². The van der Waals surface area contributed by atoms with E-state index in [1.165, 1.54) is 47.5 Å². The third-order valence-corrected chi connectivity index (χ3v) is 4.83. The van der Waals surface area contributed by atoms with Gasteiger partial charge in [-0.1, -0.05) is 11.6 Å². The van der Waals surface area contributed by atoms with Crippen molar-refractivity contribution in [2.45, 2.75) is 4.90 Å². The molecule has 0 saturated heterocycles. The van der Waals surface area contributed by atoms with Crippen molar-refractivity contribution in [2.24, 2.45) is 7.05 Å². The maximum atomic E-state index is 12.3. The van der Waals surface area contributed by atoms with Crippen molar-refractivity contribution in [3.8, 4) is 0 Å². The molecule has 9 nitrogen and oxygen atoms in total. The summed E-state index contributed by atoms with van der Waals surface area (Å²) in [5.74, 6) is -0.531. The van der Waals surface area contributed by atoms with E-state index in [4.69, 9.17) is 11.6 Å². The number of amides is 1. The molecule has 0 aliphatic heterocycles. The van der Waals surface area contributed by atoms with Gasteiger partial charge in [0.1, 0.15) is 0 Å². The fourth-order valence-corrected chi connectivity index (χ4v) is 3.27. The second-order valence-corrected chi connectivity index (χ2v) is 7.25. The predicted octanol–water partition coefficient (Wildman–Crippen LogP) is 1.92. The van der Waals surface area contributed by atoms with Crippen LogP contribution in [0.4, 0.5) is 11.6 Å². The van der Waals surface area contributed by atoms with Crippen LogP contribution in [0.15, 0.2) is 53.8 Å². The number of carbonyl (C=O) groups excluding carboxylic acids is 1. The number of rotatable bonds is 5. The lowest BCUT2D eigenvalue weighted by molar-refractivity contribution is 0.102. The highest BCUT2D eigenvalue weighted by atomic mass is 35.5. The Morgan fingerprint density at radius 2 is 1.81 bits per heavy atom. The summed E-state index contributed by atoms with van der Waals surface area (Å²) in [5.41, 5.74) is 0.473. The number of carbonyl (C=O) groups is 1. The molecule has 0 atom stereocenters. The molecule has 11 heteroatoms. The summed E-state index contributed by atoms with van der Waals surface area (Å²) in [6, 6.07) is 7.18. The number of nitrogens with zero attached hydrogens (tertiary/aromatic N) is 4. The molecule has 3 rings (SSSR count). The number of aromatic nitrogens is 4. The first kappa shape index (κ1) is 17.8. The van der Waals surface area contributed by atoms with E-state index in [1.807, 2.05) is 0 Å². The van der Waals surface area contributed by atoms with Gasteiger partial charge >= 0.3 is 0 Å². The van der Waals surface area contributed by atoms with Crippen molar-refractivity contribution < 1.29 is 13.2 Å². The molecule has 0 bridgehead atoms. The Bertz CT molecular complexity index is 1040. The van der Waals surface area contributed by atoms with E-state index in [2.05, 4.69) is 25.1 Å². The third kappa shape index (κ3) is 3.98. The molecule has 0 aliphatic carbocycles. The number of sulfonamides is 1. The molecule has 2 heterocycles. The fraction of sp³-hybridized carbons (Fsp3) is 0.0667. The highest BCUT2D eigenvalue weighted by Gasteiger charge is 2.17. The summed E-state index contributed by atoms with van der Waals surface area (Å²) in [6.07, 6.45) is 4.35. The van der Waals surface area contributed by atoms with Crippen LogP contribution in [-0.2, 0) is 17.1 Å². The molecule has 3 aromatic rings. The molecule has 0 unspecified atom stereocenters. The molecule has 134 valence electrons. The first-order valence-electron chi connectivity index (χ1n) is 7.25. The van der Waals surface area contributed by atoms with Crippen LogP contribution in [0.3, 0.4) is 0 Å². The van der Waals surface area contributed by atoms with Gasteiger partial charge < -0.3 is 5.32 Å². The third-order valence-electron chi connectivity index (χ3n) is 3.21. The molecule has 1 aromatic carbocycles. The van der Waals surface area contributed by atoms with Crippen molar-refractivity contribution in [2.75, 3.05) is 10.0 Å². The summed E-state index contributed by atoms with van der Waals surface area (Å²) < 4.78 is 28.3. The Labute approximate surface area is 154 Å². The Kier molecular flexibility index (Phi) is 4.87. The van der Waals surface area contributed by atoms with Crippen molar-refractivity contribution in [3.05, 3.63) is 59.6 Å². The molecule has 0 radical (unpaired) electrons. The zero-order valence-electron chi connectivity index (χ0n) is 13.4. The Balaban J connectivity index is 1.74. The lowest BCUT2D eigenvalue weighted by Crippen LogP contribution is -2.16. The van der Waals surface area contributed by atoms with E-state index in [0.29, 0.717) is 5.69 Å². The van der Waals surface area contributed by atoms with E-state index in [0.717, 1.165) is 0 Å². The summed E-state index contributed by atoms with van der Waals surface area (Å²) >= 11 is 5.92. The maximum absolute atomic E-state index is 12.3. The van der Waals surface area contributed by atoms with Crippen LogP contribution in [0, 0.1) is 0 Å². The van der Waals surface area contributed by atoms with Crippen molar-refractivity contribution in [3.63, 3.8) is 0 Å². The van der Waals surface area contributed by atoms with Crippen molar-refractivity contribution >= 4 is 39.2 Å². The standard InChI is InChI=1S/C15H13ClN6O3S/c1-22-9-12(16)13(20-22)14(23)19-10-3-5-11(6-4-10)26(24,25)21-15-17-7-2-8-18-15/h2-9H,1H3,(H,19,23)(H,17,18,21). The zero-order chi connectivity index (χ0) is 18.7. The molecule has 1 amide bonds. The van der Waals surface area contributed by atoms with Gasteiger partial charge in [-0.2, -0.15) is 5.10 Å². The van der Waals surface area contributed by atoms with Gasteiger partial charge in [-0.3, -0.25) is 9.48 Å². The molecule has 2 N–H and O–H groups in total. The molecule has 0 spiro atoms. The van der Waals surface area contributed by atoms with Gasteiger partial charge in [0, 0.05) is 31.3 Å². The second-order valence-electron chi connectivity index (χ2n) is 5.16. The summed E-state index contributed by atoms with van der Waals surface area (Å²) in [6.45, 7) is 0. The van der Waals surface area contributed by atoms with Crippen LogP contribution < -0.4 is 10.0 Å². The molecule has 2 aromatic heterocycles. The van der Waals surface area contributed by atoms with Gasteiger partial charge in [0.05, 0.1) is 9.92 Å². The number of benzene rings is 1. The van der Waals surface area contributed by atoms with Gasteiger partial charge in [-0.05, 0) is 30.3 Å². The largest absolute Gasteiger partial charge is 0.321 e. The molecule has 0 fully saturated rings. The summed E-state index contributed by atoms with van der Waals surface area (Å²) in [7, 11) is -2.19. The number of anilines is 2. The lowest BCUT2D eigenvalue weighted by Gasteiger charge is -2.08. The quantitative estimate of drug-likeness (QED) is 0.684.